The van der Waals surface area contributed by atoms with Gasteiger partial charge in [0.05, 0.1) is 11.4 Å². The second-order valence-electron chi connectivity index (χ2n) is 8.76. The highest BCUT2D eigenvalue weighted by molar-refractivity contribution is 5.98. The van der Waals surface area contributed by atoms with Gasteiger partial charge in [0.25, 0.3) is 0 Å². The van der Waals surface area contributed by atoms with Crippen LogP contribution in [0.25, 0.3) is 38.8 Å². The smallest absolute Gasteiger partial charge is 0.475 e. The minimum atomic E-state index is -5.08. The van der Waals surface area contributed by atoms with E-state index in [4.69, 9.17) is 9.90 Å². The molecule has 0 atom stereocenters. The quantitative estimate of drug-likeness (QED) is 0.277. The van der Waals surface area contributed by atoms with Gasteiger partial charge in [-0.1, -0.05) is 36.4 Å². The number of carboxylic acids is 1. The van der Waals surface area contributed by atoms with Gasteiger partial charge in [0, 0.05) is 53.4 Å². The van der Waals surface area contributed by atoms with Crippen LogP contribution in [0, 0.1) is 11.3 Å². The lowest BCUT2D eigenvalue weighted by Crippen LogP contribution is -2.21. The van der Waals surface area contributed by atoms with E-state index in [2.05, 4.69) is 33.2 Å². The molecule has 0 aliphatic heterocycles. The fourth-order valence-corrected chi connectivity index (χ4v) is 4.55. The third kappa shape index (κ3) is 5.30. The summed E-state index contributed by atoms with van der Waals surface area (Å²) >= 11 is 0. The number of hydrogen-bond acceptors (Lipinski definition) is 4. The zero-order valence-corrected chi connectivity index (χ0v) is 21.1. The van der Waals surface area contributed by atoms with Gasteiger partial charge < -0.3 is 19.6 Å². The number of alkyl halides is 3. The molecule has 0 amide bonds. The molecule has 0 aliphatic rings. The number of aryl methyl sites for hydroxylation is 2. The number of carbonyl (C=O) groups is 1. The lowest BCUT2D eigenvalue weighted by molar-refractivity contribution is -0.192. The zero-order chi connectivity index (χ0) is 28.3. The SMILES string of the molecule is CNCCCn1cc(-c2c(C#N)[nH]c(=O)n2-c2cn(C)c3ccccc23)c2ccccc21.O=C(O)C(F)(F)F. The van der Waals surface area contributed by atoms with Crippen molar-refractivity contribution in [1.82, 2.24) is 24.0 Å². The highest BCUT2D eigenvalue weighted by atomic mass is 19.4. The Morgan fingerprint density at radius 1 is 1.08 bits per heavy atom. The third-order valence-corrected chi connectivity index (χ3v) is 6.24. The number of hydrogen-bond donors (Lipinski definition) is 3. The summed E-state index contributed by atoms with van der Waals surface area (Å²) < 4.78 is 37.6. The number of nitrogens with zero attached hydrogens (tertiary/aromatic N) is 4. The number of imidazole rings is 1. The van der Waals surface area contributed by atoms with E-state index in [1.807, 2.05) is 67.3 Å². The standard InChI is InChI=1S/C25H24N6O.C2HF3O2/c1-27-12-7-13-30-15-19(17-8-3-6-11-22(17)30)24-20(14-26)28-25(32)31(24)23-16-29(2)21-10-5-4-9-18(21)23;3-2(4,5)1(6)7/h3-6,8-11,15-16,27H,7,12-13H2,1-2H3,(H,28,32);(H,6,7). The number of fused-ring (bicyclic) bond motifs is 2. The average molecular weight is 539 g/mol. The Balaban J connectivity index is 0.000000448. The molecule has 0 saturated heterocycles. The molecule has 39 heavy (non-hydrogen) atoms. The van der Waals surface area contributed by atoms with Crippen molar-refractivity contribution >= 4 is 27.8 Å². The van der Waals surface area contributed by atoms with Crippen molar-refractivity contribution in [2.75, 3.05) is 13.6 Å². The van der Waals surface area contributed by atoms with Crippen LogP contribution < -0.4 is 11.0 Å². The number of benzene rings is 2. The van der Waals surface area contributed by atoms with E-state index in [-0.39, 0.29) is 11.4 Å². The second-order valence-corrected chi connectivity index (χ2v) is 8.76. The molecule has 12 heteroatoms. The number of para-hydroxylation sites is 2. The normalized spacial score (nSPS) is 11.4. The molecule has 0 aliphatic carbocycles. The number of nitrogens with one attached hydrogen (secondary N) is 2. The Morgan fingerprint density at radius 2 is 1.69 bits per heavy atom. The number of H-pyrrole nitrogens is 1. The van der Waals surface area contributed by atoms with Crippen LogP contribution in [0.2, 0.25) is 0 Å². The lowest BCUT2D eigenvalue weighted by atomic mass is 10.1. The molecule has 0 unspecified atom stereocenters. The maximum absolute atomic E-state index is 13.1. The van der Waals surface area contributed by atoms with Gasteiger partial charge >= 0.3 is 17.8 Å². The van der Waals surface area contributed by atoms with Crippen molar-refractivity contribution in [2.24, 2.45) is 7.05 Å². The summed E-state index contributed by atoms with van der Waals surface area (Å²) in [7, 11) is 3.91. The van der Waals surface area contributed by atoms with Crippen LogP contribution in [-0.2, 0) is 18.4 Å². The van der Waals surface area contributed by atoms with Crippen molar-refractivity contribution in [3.63, 3.8) is 0 Å². The van der Waals surface area contributed by atoms with Crippen LogP contribution in [0.4, 0.5) is 13.2 Å². The van der Waals surface area contributed by atoms with Gasteiger partial charge in [-0.25, -0.2) is 9.59 Å². The summed E-state index contributed by atoms with van der Waals surface area (Å²) in [5.74, 6) is -2.76. The maximum Gasteiger partial charge on any atom is 0.490 e. The summed E-state index contributed by atoms with van der Waals surface area (Å²) in [5.41, 5.74) is 4.27. The van der Waals surface area contributed by atoms with Crippen LogP contribution in [0.15, 0.2) is 65.7 Å². The summed E-state index contributed by atoms with van der Waals surface area (Å²) in [6.45, 7) is 1.75. The minimum absolute atomic E-state index is 0.265. The van der Waals surface area contributed by atoms with Crippen LogP contribution in [-0.4, -0.2) is 49.5 Å². The van der Waals surface area contributed by atoms with Gasteiger partial charge in [-0.3, -0.25) is 9.55 Å². The molecule has 3 N–H and O–H groups in total. The molecular weight excluding hydrogens is 513 g/mol. The zero-order valence-electron chi connectivity index (χ0n) is 21.1. The van der Waals surface area contributed by atoms with E-state index in [9.17, 15) is 23.2 Å². The van der Waals surface area contributed by atoms with Gasteiger partial charge in [0.2, 0.25) is 0 Å². The minimum Gasteiger partial charge on any atom is -0.475 e. The van der Waals surface area contributed by atoms with E-state index in [0.29, 0.717) is 5.69 Å². The Kier molecular flexibility index (Phi) is 7.64. The van der Waals surface area contributed by atoms with E-state index >= 15 is 0 Å². The molecule has 0 spiro atoms. The van der Waals surface area contributed by atoms with Gasteiger partial charge in [-0.15, -0.1) is 0 Å². The molecule has 5 aromatic rings. The van der Waals surface area contributed by atoms with Crippen LogP contribution in [0.3, 0.4) is 0 Å². The molecule has 9 nitrogen and oxygen atoms in total. The highest BCUT2D eigenvalue weighted by Gasteiger charge is 2.38. The van der Waals surface area contributed by atoms with Crippen LogP contribution in [0.1, 0.15) is 12.1 Å². The molecule has 0 bridgehead atoms. The maximum atomic E-state index is 13.1. The van der Waals surface area contributed by atoms with E-state index in [0.717, 1.165) is 52.6 Å². The Morgan fingerprint density at radius 3 is 2.31 bits per heavy atom. The molecular formula is C27H25F3N6O3. The summed E-state index contributed by atoms with van der Waals surface area (Å²) in [4.78, 5) is 24.8. The van der Waals surface area contributed by atoms with Gasteiger partial charge in [0.15, 0.2) is 0 Å². The van der Waals surface area contributed by atoms with Gasteiger partial charge in [0.1, 0.15) is 11.8 Å². The van der Waals surface area contributed by atoms with E-state index < -0.39 is 12.1 Å². The first-order chi connectivity index (χ1) is 18.6. The van der Waals surface area contributed by atoms with Crippen molar-refractivity contribution in [1.29, 1.82) is 5.26 Å². The number of rotatable bonds is 6. The first-order valence-corrected chi connectivity index (χ1v) is 11.9. The van der Waals surface area contributed by atoms with Crippen molar-refractivity contribution < 1.29 is 23.1 Å². The predicted molar refractivity (Wildman–Crippen MR) is 141 cm³/mol. The third-order valence-electron chi connectivity index (χ3n) is 6.24. The molecule has 5 rings (SSSR count). The van der Waals surface area contributed by atoms with Gasteiger partial charge in [-0.2, -0.15) is 18.4 Å². The Labute approximate surface area is 220 Å². The van der Waals surface area contributed by atoms with Gasteiger partial charge in [-0.05, 0) is 32.1 Å². The van der Waals surface area contributed by atoms with Crippen molar-refractivity contribution in [3.8, 4) is 23.0 Å². The molecule has 2 aromatic carbocycles. The van der Waals surface area contributed by atoms with Crippen molar-refractivity contribution in [2.45, 2.75) is 19.1 Å². The van der Waals surface area contributed by atoms with E-state index in [1.54, 1.807) is 4.57 Å². The largest absolute Gasteiger partial charge is 0.490 e. The predicted octanol–water partition coefficient (Wildman–Crippen LogP) is 4.39. The number of aliphatic carboxylic acids is 1. The lowest BCUT2D eigenvalue weighted by Gasteiger charge is -2.06. The first kappa shape index (κ1) is 27.3. The molecule has 0 radical (unpaired) electrons. The fraction of sp³-hybridized carbons (Fsp3) is 0.222. The number of halogens is 3. The molecule has 3 aromatic heterocycles. The summed E-state index contributed by atoms with van der Waals surface area (Å²) in [5, 5.41) is 22.2. The highest BCUT2D eigenvalue weighted by Crippen LogP contribution is 2.35. The molecule has 202 valence electrons. The molecule has 0 fully saturated rings. The van der Waals surface area contributed by atoms with Crippen molar-refractivity contribution in [3.05, 3.63) is 77.1 Å². The number of aromatic amines is 1. The number of aromatic nitrogens is 4. The van der Waals surface area contributed by atoms with Crippen LogP contribution in [0.5, 0.6) is 0 Å². The second kappa shape index (κ2) is 10.9. The summed E-state index contributed by atoms with van der Waals surface area (Å²) in [6, 6.07) is 18.3. The number of carboxylic acid groups (broad SMARTS) is 1. The Bertz CT molecular complexity index is 1750. The topological polar surface area (TPSA) is 121 Å². The average Bonchev–Trinajstić information content (AvgIpc) is 3.55. The van der Waals surface area contributed by atoms with E-state index in [1.165, 1.54) is 0 Å². The monoisotopic (exact) mass is 538 g/mol. The number of nitriles is 1. The summed E-state index contributed by atoms with van der Waals surface area (Å²) in [6.07, 6.45) is -0.106. The fourth-order valence-electron chi connectivity index (χ4n) is 4.55. The Hall–Kier alpha value is -4.76. The first-order valence-electron chi connectivity index (χ1n) is 11.9. The molecule has 0 saturated carbocycles. The van der Waals surface area contributed by atoms with Crippen LogP contribution >= 0.6 is 0 Å². The molecule has 3 heterocycles.